The first-order chi connectivity index (χ1) is 20.9. The Balaban J connectivity index is 1.28. The summed E-state index contributed by atoms with van der Waals surface area (Å²) >= 11 is 5.60. The smallest absolute Gasteiger partial charge is 0.266 e. The zero-order valence-corrected chi connectivity index (χ0v) is 27.7. The van der Waals surface area contributed by atoms with Crippen LogP contribution < -0.4 is 15.4 Å². The third kappa shape index (κ3) is 5.84. The van der Waals surface area contributed by atoms with E-state index in [0.717, 1.165) is 57.9 Å². The van der Waals surface area contributed by atoms with Gasteiger partial charge in [0.15, 0.2) is 5.82 Å². The van der Waals surface area contributed by atoms with Crippen LogP contribution in [0.3, 0.4) is 0 Å². The molecule has 0 spiro atoms. The van der Waals surface area contributed by atoms with E-state index in [1.54, 1.807) is 4.90 Å². The largest absolute Gasteiger partial charge is 0.383 e. The molecule has 1 aliphatic heterocycles. The monoisotopic (exact) mass is 756 g/mol. The van der Waals surface area contributed by atoms with Gasteiger partial charge in [-0.2, -0.15) is 0 Å². The van der Waals surface area contributed by atoms with Crippen LogP contribution in [0.15, 0.2) is 50.6 Å². The quantitative estimate of drug-likeness (QED) is 0.246. The molecule has 0 amide bonds. The Hall–Kier alpha value is -2.72. The first-order valence-corrected chi connectivity index (χ1v) is 17.3. The Kier molecular flexibility index (Phi) is 8.69. The summed E-state index contributed by atoms with van der Waals surface area (Å²) in [7, 11) is -2.55. The summed E-state index contributed by atoms with van der Waals surface area (Å²) in [6, 6.07) is 5.55. The fourth-order valence-corrected chi connectivity index (χ4v) is 9.12. The molecule has 1 saturated heterocycles. The van der Waals surface area contributed by atoms with Crippen LogP contribution >= 0.6 is 31.9 Å². The van der Waals surface area contributed by atoms with Crippen molar-refractivity contribution in [2.75, 3.05) is 43.7 Å². The van der Waals surface area contributed by atoms with Crippen molar-refractivity contribution < 1.29 is 26.5 Å². The van der Waals surface area contributed by atoms with Crippen LogP contribution in [0.4, 0.5) is 24.7 Å². The van der Waals surface area contributed by atoms with Gasteiger partial charge < -0.3 is 15.2 Å². The summed E-state index contributed by atoms with van der Waals surface area (Å²) < 4.78 is 73.5. The van der Waals surface area contributed by atoms with Gasteiger partial charge in [-0.25, -0.2) is 31.6 Å². The number of benzene rings is 2. The summed E-state index contributed by atoms with van der Waals surface area (Å²) in [5, 5.41) is 0.586. The average molecular weight is 758 g/mol. The van der Waals surface area contributed by atoms with Gasteiger partial charge in [0.2, 0.25) is 0 Å². The van der Waals surface area contributed by atoms with Crippen molar-refractivity contribution in [3.63, 3.8) is 0 Å². The third-order valence-corrected chi connectivity index (χ3v) is 11.8. The average Bonchev–Trinajstić information content (AvgIpc) is 3.39. The zero-order valence-electron chi connectivity index (χ0n) is 23.8. The van der Waals surface area contributed by atoms with Crippen molar-refractivity contribution in [1.82, 2.24) is 19.4 Å². The maximum Gasteiger partial charge on any atom is 0.266 e. The van der Waals surface area contributed by atoms with E-state index in [1.807, 2.05) is 10.9 Å². The summed E-state index contributed by atoms with van der Waals surface area (Å²) in [6.45, 7) is 4.56. The molecule has 4 N–H and O–H groups in total. The highest BCUT2D eigenvalue weighted by atomic mass is 79.9. The maximum absolute atomic E-state index is 15.5. The Bertz CT molecular complexity index is 1810. The number of quaternary nitrogens is 1. The molecular formula is C29H31Br2F3N7O2S+. The molecule has 44 heavy (non-hydrogen) atoms. The van der Waals surface area contributed by atoms with E-state index in [0.29, 0.717) is 28.2 Å². The second kappa shape index (κ2) is 12.2. The molecule has 0 bridgehead atoms. The number of nitrogens with one attached hydrogen (secondary N) is 2. The number of piperazine rings is 1. The normalized spacial score (nSPS) is 20.3. The number of aromatic nitrogens is 3. The number of likely N-dealkylation sites (N-methyl/N-ethyl adjacent to an activating group) is 1. The van der Waals surface area contributed by atoms with Crippen molar-refractivity contribution in [3.8, 4) is 11.1 Å². The molecule has 0 unspecified atom stereocenters. The van der Waals surface area contributed by atoms with E-state index in [2.05, 4.69) is 58.3 Å². The van der Waals surface area contributed by atoms with Gasteiger partial charge in [0.05, 0.1) is 39.2 Å². The number of rotatable bonds is 6. The Morgan fingerprint density at radius 1 is 1.02 bits per heavy atom. The molecule has 2 aromatic heterocycles. The highest BCUT2D eigenvalue weighted by molar-refractivity contribution is 9.11. The van der Waals surface area contributed by atoms with Gasteiger partial charge >= 0.3 is 0 Å². The summed E-state index contributed by atoms with van der Waals surface area (Å²) in [6.07, 6.45) is 7.49. The molecule has 234 valence electrons. The van der Waals surface area contributed by atoms with Gasteiger partial charge in [-0.05, 0) is 75.5 Å². The van der Waals surface area contributed by atoms with Crippen molar-refractivity contribution in [2.45, 2.75) is 42.7 Å². The number of sulfonamides is 1. The minimum atomic E-state index is -4.72. The first kappa shape index (κ1) is 31.3. The fourth-order valence-electron chi connectivity index (χ4n) is 6.43. The van der Waals surface area contributed by atoms with Crippen molar-refractivity contribution in [3.05, 3.63) is 63.2 Å². The van der Waals surface area contributed by atoms with Gasteiger partial charge in [-0.1, -0.05) is 6.07 Å². The molecule has 2 fully saturated rings. The lowest BCUT2D eigenvalue weighted by Crippen LogP contribution is -3.18. The van der Waals surface area contributed by atoms with Crippen molar-refractivity contribution in [1.29, 1.82) is 0 Å². The van der Waals surface area contributed by atoms with Gasteiger partial charge in [-0.15, -0.1) is 0 Å². The molecule has 1 aliphatic carbocycles. The zero-order chi connectivity index (χ0) is 31.3. The minimum absolute atomic E-state index is 0.193. The minimum Gasteiger partial charge on any atom is -0.383 e. The number of hydrogen-bond acceptors (Lipinski definition) is 6. The molecule has 0 atom stereocenters. The second-order valence-electron chi connectivity index (χ2n) is 11.5. The molecule has 2 aliphatic rings. The predicted octanol–water partition coefficient (Wildman–Crippen LogP) is 4.74. The number of fused-ring (bicyclic) bond motifs is 1. The SMILES string of the molecule is CN1CC[NH+](C2CCC(n3cc(-c4ccc(NS(=O)(=O)c5c(F)c(Br)cc(F)c5Br)c(F)c4)c4c(N)ncnc43)CC2)CC1. The molecule has 1 saturated carbocycles. The summed E-state index contributed by atoms with van der Waals surface area (Å²) in [5.74, 6) is -2.88. The van der Waals surface area contributed by atoms with E-state index in [4.69, 9.17) is 5.73 Å². The van der Waals surface area contributed by atoms with Crippen LogP contribution in [-0.4, -0.2) is 67.1 Å². The van der Waals surface area contributed by atoms with Gasteiger partial charge in [0, 0.05) is 43.7 Å². The predicted molar refractivity (Wildman–Crippen MR) is 169 cm³/mol. The summed E-state index contributed by atoms with van der Waals surface area (Å²) in [5.41, 5.74) is 7.58. The van der Waals surface area contributed by atoms with Crippen molar-refractivity contribution in [2.24, 2.45) is 0 Å². The Morgan fingerprint density at radius 3 is 2.41 bits per heavy atom. The second-order valence-corrected chi connectivity index (χ2v) is 14.7. The number of hydrogen-bond donors (Lipinski definition) is 3. The summed E-state index contributed by atoms with van der Waals surface area (Å²) in [4.78, 5) is 11.8. The van der Waals surface area contributed by atoms with E-state index in [9.17, 15) is 17.2 Å². The number of nitrogen functional groups attached to an aromatic ring is 1. The molecule has 4 aromatic rings. The van der Waals surface area contributed by atoms with Crippen LogP contribution in [-0.2, 0) is 10.0 Å². The van der Waals surface area contributed by atoms with Crippen molar-refractivity contribution >= 4 is 64.4 Å². The molecule has 6 rings (SSSR count). The highest BCUT2D eigenvalue weighted by Crippen LogP contribution is 2.39. The third-order valence-electron chi connectivity index (χ3n) is 8.80. The standard InChI is InChI=1S/C29H30Br2F3N7O2S/c1-39-8-10-40(11-9-39)17-3-5-18(6-4-17)41-14-19(24-28(35)36-15-37-29(24)41)16-2-7-23(21(32)12-16)38-44(42,43)27-25(31)22(33)13-20(30)26(27)34/h2,7,12-15,17-18,38H,3-6,8-11H2,1H3,(H2,35,36,37)/p+1. The van der Waals surface area contributed by atoms with Gasteiger partial charge in [-0.3, -0.25) is 9.62 Å². The van der Waals surface area contributed by atoms with Gasteiger partial charge in [0.1, 0.15) is 34.3 Å². The van der Waals surface area contributed by atoms with E-state index < -0.39 is 42.5 Å². The molecular weight excluding hydrogens is 727 g/mol. The van der Waals surface area contributed by atoms with E-state index in [1.165, 1.54) is 24.5 Å². The van der Waals surface area contributed by atoms with E-state index >= 15 is 4.39 Å². The Labute approximate surface area is 269 Å². The molecule has 15 heteroatoms. The van der Waals surface area contributed by atoms with Crippen LogP contribution in [0.1, 0.15) is 31.7 Å². The lowest BCUT2D eigenvalue weighted by atomic mass is 9.89. The molecule has 2 aromatic carbocycles. The fraction of sp³-hybridized carbons (Fsp3) is 0.379. The van der Waals surface area contributed by atoms with Crippen LogP contribution in [0, 0.1) is 17.5 Å². The van der Waals surface area contributed by atoms with Crippen LogP contribution in [0.2, 0.25) is 0 Å². The Morgan fingerprint density at radius 2 is 1.73 bits per heavy atom. The highest BCUT2D eigenvalue weighted by Gasteiger charge is 2.33. The maximum atomic E-state index is 15.5. The number of anilines is 2. The topological polar surface area (TPSA) is 111 Å². The molecule has 0 radical (unpaired) electrons. The lowest BCUT2D eigenvalue weighted by Gasteiger charge is -2.38. The number of nitrogens with two attached hydrogens (primary N) is 1. The molecule has 3 heterocycles. The van der Waals surface area contributed by atoms with Crippen LogP contribution in [0.5, 0.6) is 0 Å². The number of nitrogens with zero attached hydrogens (tertiary/aromatic N) is 4. The van der Waals surface area contributed by atoms with E-state index in [-0.39, 0.29) is 16.3 Å². The number of halogens is 5. The molecule has 9 nitrogen and oxygen atoms in total. The first-order valence-electron chi connectivity index (χ1n) is 14.2. The van der Waals surface area contributed by atoms with Crippen LogP contribution in [0.25, 0.3) is 22.2 Å². The lowest BCUT2D eigenvalue weighted by molar-refractivity contribution is -0.930. The van der Waals surface area contributed by atoms with Gasteiger partial charge in [0.25, 0.3) is 10.0 Å².